The highest BCUT2D eigenvalue weighted by Crippen LogP contribution is 2.26. The van der Waals surface area contributed by atoms with E-state index in [1.165, 1.54) is 11.1 Å². The molecule has 1 N–H and O–H groups in total. The lowest BCUT2D eigenvalue weighted by molar-refractivity contribution is 0.361. The Morgan fingerprint density at radius 1 is 1.41 bits per heavy atom. The Hall–Kier alpha value is -1.46. The van der Waals surface area contributed by atoms with Gasteiger partial charge in [-0.1, -0.05) is 30.5 Å². The van der Waals surface area contributed by atoms with Gasteiger partial charge in [0.2, 0.25) is 0 Å². The molecule has 0 bridgehead atoms. The minimum atomic E-state index is 0.296. The maximum Gasteiger partial charge on any atom is 0.149 e. The molecule has 0 fully saturated rings. The fourth-order valence-corrected chi connectivity index (χ4v) is 1.74. The van der Waals surface area contributed by atoms with Crippen LogP contribution in [0.2, 0.25) is 0 Å². The molecular weight excluding hydrogens is 210 g/mol. The van der Waals surface area contributed by atoms with Crippen LogP contribution in [0.25, 0.3) is 0 Å². The van der Waals surface area contributed by atoms with Gasteiger partial charge in [-0.2, -0.15) is 0 Å². The number of ether oxygens (including phenoxy) is 1. The first-order valence-electron chi connectivity index (χ1n) is 6.05. The quantitative estimate of drug-likeness (QED) is 0.786. The summed E-state index contributed by atoms with van der Waals surface area (Å²) in [5.74, 6) is 6.67. The first kappa shape index (κ1) is 13.6. The Morgan fingerprint density at radius 3 is 2.82 bits per heavy atom. The maximum atomic E-state index is 5.69. The standard InChI is InChI=1S/C15H21NO/c1-5-7-10-17-15-9-8-12(3)11-14(15)13(4)16-6-2/h8-9,11,13,16H,6,10H2,1-4H3. The second-order valence-corrected chi connectivity index (χ2v) is 4.04. The summed E-state index contributed by atoms with van der Waals surface area (Å²) in [4.78, 5) is 0. The molecular formula is C15H21NO. The molecule has 0 heterocycles. The Kier molecular flexibility index (Phi) is 5.59. The molecule has 2 nitrogen and oxygen atoms in total. The van der Waals surface area contributed by atoms with Crippen LogP contribution in [0.5, 0.6) is 5.75 Å². The highest BCUT2D eigenvalue weighted by molar-refractivity contribution is 5.39. The van der Waals surface area contributed by atoms with E-state index in [1.807, 2.05) is 13.0 Å². The van der Waals surface area contributed by atoms with Crippen molar-refractivity contribution in [2.24, 2.45) is 0 Å². The average molecular weight is 231 g/mol. The van der Waals surface area contributed by atoms with E-state index in [0.717, 1.165) is 12.3 Å². The van der Waals surface area contributed by atoms with E-state index in [-0.39, 0.29) is 0 Å². The van der Waals surface area contributed by atoms with Crippen molar-refractivity contribution in [3.8, 4) is 17.6 Å². The minimum Gasteiger partial charge on any atom is -0.481 e. The fraction of sp³-hybridized carbons (Fsp3) is 0.467. The third-order valence-corrected chi connectivity index (χ3v) is 2.62. The van der Waals surface area contributed by atoms with E-state index in [0.29, 0.717) is 12.6 Å². The molecule has 1 rings (SSSR count). The van der Waals surface area contributed by atoms with Crippen LogP contribution in [0.1, 0.15) is 37.9 Å². The molecule has 1 aromatic rings. The molecule has 0 saturated heterocycles. The largest absolute Gasteiger partial charge is 0.481 e. The van der Waals surface area contributed by atoms with Gasteiger partial charge >= 0.3 is 0 Å². The Labute approximate surface area is 104 Å². The van der Waals surface area contributed by atoms with Gasteiger partial charge in [0.05, 0.1) is 0 Å². The molecule has 0 aromatic heterocycles. The molecule has 2 heteroatoms. The molecule has 0 aliphatic heterocycles. The highest BCUT2D eigenvalue weighted by atomic mass is 16.5. The van der Waals surface area contributed by atoms with E-state index in [1.54, 1.807) is 0 Å². The van der Waals surface area contributed by atoms with E-state index in [4.69, 9.17) is 4.74 Å². The summed E-state index contributed by atoms with van der Waals surface area (Å²) in [5, 5.41) is 3.40. The van der Waals surface area contributed by atoms with Crippen LogP contribution < -0.4 is 10.1 Å². The smallest absolute Gasteiger partial charge is 0.149 e. The summed E-state index contributed by atoms with van der Waals surface area (Å²) >= 11 is 0. The first-order valence-corrected chi connectivity index (χ1v) is 6.05. The van der Waals surface area contributed by atoms with Crippen LogP contribution >= 0.6 is 0 Å². The number of nitrogens with one attached hydrogen (secondary N) is 1. The summed E-state index contributed by atoms with van der Waals surface area (Å²) in [6, 6.07) is 6.55. The van der Waals surface area contributed by atoms with Crippen molar-refractivity contribution in [3.05, 3.63) is 29.3 Å². The van der Waals surface area contributed by atoms with Crippen LogP contribution in [-0.4, -0.2) is 13.2 Å². The second-order valence-electron chi connectivity index (χ2n) is 4.04. The second kappa shape index (κ2) is 6.98. The fourth-order valence-electron chi connectivity index (χ4n) is 1.74. The van der Waals surface area contributed by atoms with E-state index >= 15 is 0 Å². The monoisotopic (exact) mass is 231 g/mol. The lowest BCUT2D eigenvalue weighted by Gasteiger charge is -2.17. The summed E-state index contributed by atoms with van der Waals surface area (Å²) < 4.78 is 5.69. The van der Waals surface area contributed by atoms with Crippen LogP contribution in [0, 0.1) is 18.8 Å². The van der Waals surface area contributed by atoms with Crippen molar-refractivity contribution in [1.29, 1.82) is 0 Å². The van der Waals surface area contributed by atoms with Crippen molar-refractivity contribution >= 4 is 0 Å². The first-order chi connectivity index (χ1) is 8.19. The van der Waals surface area contributed by atoms with Crippen molar-refractivity contribution in [3.63, 3.8) is 0 Å². The van der Waals surface area contributed by atoms with Crippen LogP contribution in [-0.2, 0) is 0 Å². The molecule has 0 spiro atoms. The van der Waals surface area contributed by atoms with Crippen LogP contribution in [0.15, 0.2) is 18.2 Å². The number of hydrogen-bond donors (Lipinski definition) is 1. The third kappa shape index (κ3) is 4.13. The summed E-state index contributed by atoms with van der Waals surface area (Å²) in [7, 11) is 0. The molecule has 17 heavy (non-hydrogen) atoms. The van der Waals surface area contributed by atoms with Gasteiger partial charge in [0.1, 0.15) is 12.4 Å². The lowest BCUT2D eigenvalue weighted by Crippen LogP contribution is -2.18. The number of aryl methyl sites for hydroxylation is 1. The van der Waals surface area contributed by atoms with Crippen molar-refractivity contribution in [2.45, 2.75) is 33.7 Å². The lowest BCUT2D eigenvalue weighted by atomic mass is 10.0. The van der Waals surface area contributed by atoms with E-state index < -0.39 is 0 Å². The molecule has 1 atom stereocenters. The van der Waals surface area contributed by atoms with Gasteiger partial charge in [-0.15, -0.1) is 5.92 Å². The van der Waals surface area contributed by atoms with Gasteiger partial charge in [-0.05, 0) is 33.4 Å². The van der Waals surface area contributed by atoms with Gasteiger partial charge in [-0.25, -0.2) is 0 Å². The summed E-state index contributed by atoms with van der Waals surface area (Å²) in [6.45, 7) is 9.57. The molecule has 0 aliphatic carbocycles. The average Bonchev–Trinajstić information content (AvgIpc) is 2.31. The topological polar surface area (TPSA) is 21.3 Å². The van der Waals surface area contributed by atoms with E-state index in [2.05, 4.69) is 50.1 Å². The molecule has 92 valence electrons. The zero-order valence-corrected chi connectivity index (χ0v) is 11.1. The maximum absolute atomic E-state index is 5.69. The minimum absolute atomic E-state index is 0.296. The molecule has 0 saturated carbocycles. The van der Waals surface area contributed by atoms with Crippen LogP contribution in [0.4, 0.5) is 0 Å². The molecule has 1 aromatic carbocycles. The zero-order chi connectivity index (χ0) is 12.7. The predicted octanol–water partition coefficient (Wildman–Crippen LogP) is 3.07. The molecule has 1 unspecified atom stereocenters. The predicted molar refractivity (Wildman–Crippen MR) is 72.2 cm³/mol. The number of hydrogen-bond acceptors (Lipinski definition) is 2. The summed E-state index contributed by atoms with van der Waals surface area (Å²) in [5.41, 5.74) is 2.45. The van der Waals surface area contributed by atoms with Crippen molar-refractivity contribution < 1.29 is 4.74 Å². The van der Waals surface area contributed by atoms with Gasteiger partial charge in [0.15, 0.2) is 0 Å². The Bertz CT molecular complexity index is 415. The van der Waals surface area contributed by atoms with Gasteiger partial charge < -0.3 is 10.1 Å². The normalized spacial score (nSPS) is 11.5. The van der Waals surface area contributed by atoms with Gasteiger partial charge in [0, 0.05) is 11.6 Å². The van der Waals surface area contributed by atoms with Gasteiger partial charge in [-0.3, -0.25) is 0 Å². The SMILES string of the molecule is CC#CCOc1ccc(C)cc1C(C)NCC. The van der Waals surface area contributed by atoms with Crippen LogP contribution in [0.3, 0.4) is 0 Å². The zero-order valence-electron chi connectivity index (χ0n) is 11.1. The highest BCUT2D eigenvalue weighted by Gasteiger charge is 2.10. The third-order valence-electron chi connectivity index (χ3n) is 2.62. The Morgan fingerprint density at radius 2 is 2.18 bits per heavy atom. The molecule has 0 amide bonds. The van der Waals surface area contributed by atoms with Crippen molar-refractivity contribution in [2.75, 3.05) is 13.2 Å². The number of rotatable bonds is 5. The van der Waals surface area contributed by atoms with E-state index in [9.17, 15) is 0 Å². The Balaban J connectivity index is 2.89. The number of benzene rings is 1. The van der Waals surface area contributed by atoms with Crippen molar-refractivity contribution in [1.82, 2.24) is 5.32 Å². The summed E-state index contributed by atoms with van der Waals surface area (Å²) in [6.07, 6.45) is 0. The molecule has 0 radical (unpaired) electrons. The van der Waals surface area contributed by atoms with Gasteiger partial charge in [0.25, 0.3) is 0 Å². The molecule has 0 aliphatic rings.